The number of carbonyl (C=O) groups excluding carboxylic acids is 1. The van der Waals surface area contributed by atoms with Crippen LogP contribution in [0.5, 0.6) is 0 Å². The third kappa shape index (κ3) is 4.58. The molecular weight excluding hydrogens is 455 g/mol. The molecule has 1 aliphatic carbocycles. The lowest BCUT2D eigenvalue weighted by atomic mass is 10.0. The van der Waals surface area contributed by atoms with Crippen LogP contribution in [0.4, 0.5) is 15.9 Å². The highest BCUT2D eigenvalue weighted by molar-refractivity contribution is 7.92. The van der Waals surface area contributed by atoms with Crippen LogP contribution in [0.25, 0.3) is 11.1 Å². The van der Waals surface area contributed by atoms with Gasteiger partial charge in [0.1, 0.15) is 16.5 Å². The second-order valence-electron chi connectivity index (χ2n) is 7.64. The van der Waals surface area contributed by atoms with Gasteiger partial charge in [0.05, 0.1) is 5.69 Å². The van der Waals surface area contributed by atoms with Crippen molar-refractivity contribution in [3.05, 3.63) is 64.8 Å². The van der Waals surface area contributed by atoms with Crippen LogP contribution in [0.1, 0.15) is 36.8 Å². The zero-order chi connectivity index (χ0) is 23.0. The summed E-state index contributed by atoms with van der Waals surface area (Å²) in [5.74, 6) is -0.448. The Morgan fingerprint density at radius 3 is 2.59 bits per heavy atom. The summed E-state index contributed by atoms with van der Waals surface area (Å²) in [4.78, 5) is 19.0. The minimum Gasteiger partial charge on any atom is -0.311 e. The first kappa shape index (κ1) is 22.2. The number of rotatable bonds is 6. The van der Waals surface area contributed by atoms with Gasteiger partial charge in [0, 0.05) is 24.9 Å². The summed E-state index contributed by atoms with van der Waals surface area (Å²) >= 11 is 6.20. The molecular formula is C22H20ClFN4O3S. The first-order chi connectivity index (χ1) is 15.2. The number of amides is 1. The van der Waals surface area contributed by atoms with E-state index in [1.165, 1.54) is 31.5 Å². The number of hydrogen-bond acceptors (Lipinski definition) is 5. The zero-order valence-electron chi connectivity index (χ0n) is 17.3. The van der Waals surface area contributed by atoms with E-state index >= 15 is 0 Å². The standard InChI is InChI=1S/C22H20ClFN4O3S/c1-12-17(16-7-8-25-20(10-16)27-13(2)29)11-26-22(23)21(12)28-32(30,31)19-6-5-15(9-18(19)24)14-3-4-14/h5-11,14,28H,3-4H2,1-2H3,(H,25,27,29). The van der Waals surface area contributed by atoms with Crippen LogP contribution >= 0.6 is 11.6 Å². The minimum atomic E-state index is -4.25. The van der Waals surface area contributed by atoms with Crippen molar-refractivity contribution in [1.82, 2.24) is 9.97 Å². The van der Waals surface area contributed by atoms with Gasteiger partial charge in [-0.05, 0) is 66.6 Å². The van der Waals surface area contributed by atoms with E-state index in [1.807, 2.05) is 0 Å². The maximum atomic E-state index is 14.6. The van der Waals surface area contributed by atoms with E-state index in [2.05, 4.69) is 20.0 Å². The summed E-state index contributed by atoms with van der Waals surface area (Å²) in [6, 6.07) is 7.51. The van der Waals surface area contributed by atoms with Crippen molar-refractivity contribution < 1.29 is 17.6 Å². The van der Waals surface area contributed by atoms with Gasteiger partial charge in [-0.15, -0.1) is 0 Å². The molecule has 0 unspecified atom stereocenters. The van der Waals surface area contributed by atoms with Crippen molar-refractivity contribution in [2.24, 2.45) is 0 Å². The predicted molar refractivity (Wildman–Crippen MR) is 121 cm³/mol. The summed E-state index contributed by atoms with van der Waals surface area (Å²) in [7, 11) is -4.25. The third-order valence-electron chi connectivity index (χ3n) is 5.20. The molecule has 1 aromatic carbocycles. The number of halogens is 2. The van der Waals surface area contributed by atoms with E-state index in [-0.39, 0.29) is 16.7 Å². The number of nitrogens with zero attached hydrogens (tertiary/aromatic N) is 2. The van der Waals surface area contributed by atoms with E-state index in [9.17, 15) is 17.6 Å². The highest BCUT2D eigenvalue weighted by Crippen LogP contribution is 2.41. The van der Waals surface area contributed by atoms with Crippen molar-refractivity contribution in [3.8, 4) is 11.1 Å². The number of aromatic nitrogens is 2. The molecule has 2 aromatic heterocycles. The average molecular weight is 475 g/mol. The van der Waals surface area contributed by atoms with E-state index in [4.69, 9.17) is 11.6 Å². The molecule has 3 aromatic rings. The third-order valence-corrected chi connectivity index (χ3v) is 6.87. The van der Waals surface area contributed by atoms with Crippen LogP contribution in [0.3, 0.4) is 0 Å². The largest absolute Gasteiger partial charge is 0.311 e. The maximum absolute atomic E-state index is 14.6. The first-order valence-electron chi connectivity index (χ1n) is 9.87. The quantitative estimate of drug-likeness (QED) is 0.496. The van der Waals surface area contributed by atoms with Gasteiger partial charge in [0.25, 0.3) is 10.0 Å². The molecule has 0 atom stereocenters. The molecule has 4 rings (SSSR count). The second kappa shape index (κ2) is 8.48. The average Bonchev–Trinajstić information content (AvgIpc) is 3.56. The summed E-state index contributed by atoms with van der Waals surface area (Å²) < 4.78 is 42.9. The molecule has 2 N–H and O–H groups in total. The highest BCUT2D eigenvalue weighted by Gasteiger charge is 2.27. The lowest BCUT2D eigenvalue weighted by molar-refractivity contribution is -0.114. The smallest absolute Gasteiger partial charge is 0.264 e. The first-order valence-corrected chi connectivity index (χ1v) is 11.7. The Balaban J connectivity index is 1.70. The second-order valence-corrected chi connectivity index (χ2v) is 9.65. The zero-order valence-corrected chi connectivity index (χ0v) is 18.9. The lowest BCUT2D eigenvalue weighted by Gasteiger charge is -2.16. The van der Waals surface area contributed by atoms with Gasteiger partial charge in [0.2, 0.25) is 5.91 Å². The summed E-state index contributed by atoms with van der Waals surface area (Å²) in [6.45, 7) is 3.04. The number of nitrogens with one attached hydrogen (secondary N) is 2. The van der Waals surface area contributed by atoms with Crippen molar-refractivity contribution in [1.29, 1.82) is 0 Å². The van der Waals surface area contributed by atoms with E-state index in [1.54, 1.807) is 25.1 Å². The van der Waals surface area contributed by atoms with Crippen LogP contribution in [0.2, 0.25) is 5.15 Å². The van der Waals surface area contributed by atoms with E-state index in [0.29, 0.717) is 28.4 Å². The molecule has 32 heavy (non-hydrogen) atoms. The van der Waals surface area contributed by atoms with Gasteiger partial charge in [0.15, 0.2) is 5.15 Å². The Bertz CT molecular complexity index is 1330. The van der Waals surface area contributed by atoms with Crippen LogP contribution < -0.4 is 10.0 Å². The summed E-state index contributed by atoms with van der Waals surface area (Å²) in [5.41, 5.74) is 2.56. The molecule has 1 saturated carbocycles. The van der Waals surface area contributed by atoms with Gasteiger partial charge in [-0.1, -0.05) is 17.7 Å². The van der Waals surface area contributed by atoms with Crippen molar-refractivity contribution in [2.45, 2.75) is 37.5 Å². The number of pyridine rings is 2. The van der Waals surface area contributed by atoms with E-state index < -0.39 is 20.7 Å². The molecule has 0 aliphatic heterocycles. The van der Waals surface area contributed by atoms with Crippen LogP contribution in [-0.2, 0) is 14.8 Å². The van der Waals surface area contributed by atoms with Crippen LogP contribution in [0, 0.1) is 12.7 Å². The molecule has 0 saturated heterocycles. The molecule has 166 valence electrons. The van der Waals surface area contributed by atoms with Crippen LogP contribution in [0.15, 0.2) is 47.6 Å². The molecule has 0 radical (unpaired) electrons. The Hall–Kier alpha value is -3.04. The molecule has 1 amide bonds. The molecule has 0 bridgehead atoms. The number of hydrogen-bond donors (Lipinski definition) is 2. The molecule has 10 heteroatoms. The Morgan fingerprint density at radius 1 is 1.19 bits per heavy atom. The fourth-order valence-corrected chi connectivity index (χ4v) is 4.91. The molecule has 0 spiro atoms. The minimum absolute atomic E-state index is 0.0488. The number of benzene rings is 1. The highest BCUT2D eigenvalue weighted by atomic mass is 35.5. The van der Waals surface area contributed by atoms with Gasteiger partial charge in [-0.25, -0.2) is 22.8 Å². The number of anilines is 2. The van der Waals surface area contributed by atoms with Crippen molar-refractivity contribution in [2.75, 3.05) is 10.0 Å². The van der Waals surface area contributed by atoms with Crippen molar-refractivity contribution in [3.63, 3.8) is 0 Å². The predicted octanol–water partition coefficient (Wildman–Crippen LogP) is 4.88. The molecule has 2 heterocycles. The summed E-state index contributed by atoms with van der Waals surface area (Å²) in [6.07, 6.45) is 4.97. The van der Waals surface area contributed by atoms with Gasteiger partial charge >= 0.3 is 0 Å². The summed E-state index contributed by atoms with van der Waals surface area (Å²) in [5, 5.41) is 2.52. The van der Waals surface area contributed by atoms with Crippen LogP contribution in [-0.4, -0.2) is 24.3 Å². The van der Waals surface area contributed by atoms with Gasteiger partial charge in [-0.2, -0.15) is 0 Å². The number of carbonyl (C=O) groups is 1. The fraction of sp³-hybridized carbons (Fsp3) is 0.227. The topological polar surface area (TPSA) is 101 Å². The Morgan fingerprint density at radius 2 is 1.94 bits per heavy atom. The lowest BCUT2D eigenvalue weighted by Crippen LogP contribution is -2.16. The SMILES string of the molecule is CC(=O)Nc1cc(-c2cnc(Cl)c(NS(=O)(=O)c3ccc(C4CC4)cc3F)c2C)ccn1. The molecule has 7 nitrogen and oxygen atoms in total. The number of sulfonamides is 1. The van der Waals surface area contributed by atoms with Gasteiger partial charge in [-0.3, -0.25) is 9.52 Å². The molecule has 1 fully saturated rings. The normalized spacial score (nSPS) is 13.6. The maximum Gasteiger partial charge on any atom is 0.264 e. The molecule has 1 aliphatic rings. The Labute approximate surface area is 190 Å². The Kier molecular flexibility index (Phi) is 5.87. The van der Waals surface area contributed by atoms with Crippen molar-refractivity contribution >= 4 is 39.0 Å². The van der Waals surface area contributed by atoms with E-state index in [0.717, 1.165) is 18.4 Å². The fourth-order valence-electron chi connectivity index (χ4n) is 3.42. The monoisotopic (exact) mass is 474 g/mol. The van der Waals surface area contributed by atoms with Gasteiger partial charge < -0.3 is 5.32 Å².